The standard InChI is InChI=1S/C18H16F5N7O2/c1-29-12-3-8(19)2-11(20)13(12)27-15(29)14(18(21,22)23)28-17(32)26-9-4-24-16(25-5-9)30-6-10(31)7-30/h2-5,10,14,31H,6-7H2,1H3,(H2,26,28,32)/t14-/m1/s1. The first kappa shape index (κ1) is 21.7. The Balaban J connectivity index is 1.53. The van der Waals surface area contributed by atoms with Gasteiger partial charge >= 0.3 is 12.2 Å². The molecule has 32 heavy (non-hydrogen) atoms. The lowest BCUT2D eigenvalue weighted by molar-refractivity contribution is -0.156. The van der Waals surface area contributed by atoms with Crippen molar-refractivity contribution in [3.63, 3.8) is 0 Å². The minimum Gasteiger partial charge on any atom is -0.389 e. The number of halogens is 5. The summed E-state index contributed by atoms with van der Waals surface area (Å²) in [6.45, 7) is 0.700. The summed E-state index contributed by atoms with van der Waals surface area (Å²) in [6, 6.07) is -2.49. The van der Waals surface area contributed by atoms with E-state index in [1.165, 1.54) is 12.4 Å². The number of aliphatic hydroxyl groups excluding tert-OH is 1. The highest BCUT2D eigenvalue weighted by Crippen LogP contribution is 2.34. The molecular weight excluding hydrogens is 441 g/mol. The summed E-state index contributed by atoms with van der Waals surface area (Å²) in [5.41, 5.74) is -0.638. The summed E-state index contributed by atoms with van der Waals surface area (Å²) in [5, 5.41) is 13.2. The van der Waals surface area contributed by atoms with Crippen molar-refractivity contribution in [1.82, 2.24) is 24.8 Å². The minimum absolute atomic E-state index is 0.0198. The van der Waals surface area contributed by atoms with Gasteiger partial charge in [-0.15, -0.1) is 0 Å². The fourth-order valence-corrected chi connectivity index (χ4v) is 3.25. The summed E-state index contributed by atoms with van der Waals surface area (Å²) in [5.74, 6) is -2.53. The van der Waals surface area contributed by atoms with Gasteiger partial charge in [0.25, 0.3) is 0 Å². The van der Waals surface area contributed by atoms with Gasteiger partial charge in [-0.25, -0.2) is 28.5 Å². The van der Waals surface area contributed by atoms with Crippen molar-refractivity contribution in [3.05, 3.63) is 42.0 Å². The van der Waals surface area contributed by atoms with Crippen LogP contribution in [0.1, 0.15) is 11.9 Å². The lowest BCUT2D eigenvalue weighted by atomic mass is 10.2. The number of urea groups is 1. The van der Waals surface area contributed by atoms with E-state index in [4.69, 9.17) is 0 Å². The van der Waals surface area contributed by atoms with E-state index in [-0.39, 0.29) is 11.2 Å². The number of carbonyl (C=O) groups is 1. The molecule has 3 N–H and O–H groups in total. The number of carbonyl (C=O) groups excluding carboxylic acids is 1. The molecule has 9 nitrogen and oxygen atoms in total. The fraction of sp³-hybridized carbons (Fsp3) is 0.333. The number of alkyl halides is 3. The molecule has 170 valence electrons. The molecule has 1 atom stereocenters. The molecule has 0 spiro atoms. The number of imidazole rings is 1. The van der Waals surface area contributed by atoms with Crippen molar-refractivity contribution in [3.8, 4) is 0 Å². The van der Waals surface area contributed by atoms with Gasteiger partial charge in [-0.2, -0.15) is 13.2 Å². The van der Waals surface area contributed by atoms with E-state index in [9.17, 15) is 31.9 Å². The topological polar surface area (TPSA) is 108 Å². The van der Waals surface area contributed by atoms with Crippen molar-refractivity contribution in [2.45, 2.75) is 18.3 Å². The molecule has 3 heterocycles. The van der Waals surface area contributed by atoms with Crippen LogP contribution in [0.5, 0.6) is 0 Å². The van der Waals surface area contributed by atoms with Crippen LogP contribution >= 0.6 is 0 Å². The largest absolute Gasteiger partial charge is 0.416 e. The molecule has 0 bridgehead atoms. The minimum atomic E-state index is -4.99. The van der Waals surface area contributed by atoms with E-state index >= 15 is 0 Å². The Labute approximate surface area is 176 Å². The van der Waals surface area contributed by atoms with Crippen molar-refractivity contribution in [1.29, 1.82) is 0 Å². The van der Waals surface area contributed by atoms with Crippen LogP contribution in [0.25, 0.3) is 11.0 Å². The molecule has 1 aliphatic heterocycles. The lowest BCUT2D eigenvalue weighted by Crippen LogP contribution is -2.51. The van der Waals surface area contributed by atoms with Gasteiger partial charge in [0.1, 0.15) is 17.2 Å². The van der Waals surface area contributed by atoms with Gasteiger partial charge in [-0.05, 0) is 6.07 Å². The van der Waals surface area contributed by atoms with Gasteiger partial charge in [-0.1, -0.05) is 0 Å². The number of nitrogens with zero attached hydrogens (tertiary/aromatic N) is 5. The van der Waals surface area contributed by atoms with Gasteiger partial charge in [0, 0.05) is 26.2 Å². The van der Waals surface area contributed by atoms with E-state index < -0.39 is 47.3 Å². The van der Waals surface area contributed by atoms with E-state index in [0.29, 0.717) is 25.1 Å². The molecule has 2 aromatic heterocycles. The van der Waals surface area contributed by atoms with Crippen molar-refractivity contribution < 1.29 is 31.9 Å². The van der Waals surface area contributed by atoms with Crippen LogP contribution in [0.3, 0.4) is 0 Å². The van der Waals surface area contributed by atoms with Crippen LogP contribution in [0.4, 0.5) is 38.4 Å². The Bertz CT molecular complexity index is 1160. The van der Waals surface area contributed by atoms with Gasteiger partial charge in [0.15, 0.2) is 11.9 Å². The van der Waals surface area contributed by atoms with Crippen LogP contribution in [0.15, 0.2) is 24.5 Å². The van der Waals surface area contributed by atoms with E-state index in [1.807, 2.05) is 0 Å². The summed E-state index contributed by atoms with van der Waals surface area (Å²) in [7, 11) is 1.15. The average Bonchev–Trinajstić information content (AvgIpc) is 3.00. The number of fused-ring (bicyclic) bond motifs is 1. The molecule has 0 aliphatic carbocycles. The number of aromatic nitrogens is 4. The first-order chi connectivity index (χ1) is 15.0. The van der Waals surface area contributed by atoms with Crippen LogP contribution in [-0.2, 0) is 7.05 Å². The molecule has 0 unspecified atom stereocenters. The summed E-state index contributed by atoms with van der Waals surface area (Å²) in [6.07, 6.45) is -3.07. The zero-order chi connectivity index (χ0) is 23.2. The second-order valence-electron chi connectivity index (χ2n) is 7.19. The van der Waals surface area contributed by atoms with Gasteiger partial charge in [0.2, 0.25) is 5.95 Å². The Kier molecular flexibility index (Phi) is 5.32. The van der Waals surface area contributed by atoms with Crippen LogP contribution < -0.4 is 15.5 Å². The number of amides is 2. The molecule has 0 radical (unpaired) electrons. The molecule has 1 aromatic carbocycles. The number of anilines is 2. The molecule has 1 fully saturated rings. The maximum Gasteiger partial charge on any atom is 0.416 e. The van der Waals surface area contributed by atoms with Crippen molar-refractivity contribution >= 4 is 28.7 Å². The number of aliphatic hydroxyl groups is 1. The second kappa shape index (κ2) is 7.85. The highest BCUT2D eigenvalue weighted by Gasteiger charge is 2.45. The molecule has 14 heteroatoms. The second-order valence-corrected chi connectivity index (χ2v) is 7.19. The predicted octanol–water partition coefficient (Wildman–Crippen LogP) is 2.25. The summed E-state index contributed by atoms with van der Waals surface area (Å²) >= 11 is 0. The van der Waals surface area contributed by atoms with Crippen molar-refractivity contribution in [2.75, 3.05) is 23.3 Å². The first-order valence-electron chi connectivity index (χ1n) is 9.23. The van der Waals surface area contributed by atoms with E-state index in [1.54, 1.807) is 10.2 Å². The maximum atomic E-state index is 14.0. The van der Waals surface area contributed by atoms with Gasteiger partial charge < -0.3 is 25.2 Å². The molecule has 3 aromatic rings. The SMILES string of the molecule is Cn1c([C@@H](NC(=O)Nc2cnc(N3CC(O)C3)nc2)C(F)(F)F)nc2c(F)cc(F)cc21. The Morgan fingerprint density at radius 1 is 1.22 bits per heavy atom. The zero-order valence-electron chi connectivity index (χ0n) is 16.4. The van der Waals surface area contributed by atoms with Crippen molar-refractivity contribution in [2.24, 2.45) is 7.05 Å². The lowest BCUT2D eigenvalue weighted by Gasteiger charge is -2.35. The number of benzene rings is 1. The first-order valence-corrected chi connectivity index (χ1v) is 9.23. The van der Waals surface area contributed by atoms with Crippen LogP contribution in [-0.4, -0.2) is 56.0 Å². The third-order valence-electron chi connectivity index (χ3n) is 4.84. The fourth-order valence-electron chi connectivity index (χ4n) is 3.25. The number of hydrogen-bond donors (Lipinski definition) is 3. The molecule has 0 saturated carbocycles. The van der Waals surface area contributed by atoms with Crippen LogP contribution in [0.2, 0.25) is 0 Å². The number of nitrogens with one attached hydrogen (secondary N) is 2. The average molecular weight is 457 g/mol. The number of β-amino-alcohol motifs (C(OH)–C–C–N with tert-alkyl or cyclic N) is 1. The smallest absolute Gasteiger partial charge is 0.389 e. The summed E-state index contributed by atoms with van der Waals surface area (Å²) < 4.78 is 69.4. The molecule has 2 amide bonds. The zero-order valence-corrected chi connectivity index (χ0v) is 16.4. The number of hydrogen-bond acceptors (Lipinski definition) is 6. The summed E-state index contributed by atoms with van der Waals surface area (Å²) in [4.78, 5) is 25.5. The third kappa shape index (κ3) is 4.12. The maximum absolute atomic E-state index is 14.0. The molecule has 4 rings (SSSR count). The number of rotatable bonds is 4. The molecule has 1 saturated heterocycles. The van der Waals surface area contributed by atoms with E-state index in [0.717, 1.165) is 17.7 Å². The Morgan fingerprint density at radius 3 is 2.47 bits per heavy atom. The Hall–Kier alpha value is -3.55. The predicted molar refractivity (Wildman–Crippen MR) is 102 cm³/mol. The third-order valence-corrected chi connectivity index (χ3v) is 4.84. The normalized spacial score (nSPS) is 15.5. The van der Waals surface area contributed by atoms with Gasteiger partial charge in [0.05, 0.1) is 29.7 Å². The van der Waals surface area contributed by atoms with Gasteiger partial charge in [-0.3, -0.25) is 0 Å². The number of aryl methyl sites for hydroxylation is 1. The quantitative estimate of drug-likeness (QED) is 0.519. The highest BCUT2D eigenvalue weighted by atomic mass is 19.4. The van der Waals surface area contributed by atoms with E-state index in [2.05, 4.69) is 20.3 Å². The Morgan fingerprint density at radius 2 is 1.88 bits per heavy atom. The monoisotopic (exact) mass is 457 g/mol. The molecular formula is C18H16F5N7O2. The highest BCUT2D eigenvalue weighted by molar-refractivity contribution is 5.89. The van der Waals surface area contributed by atoms with Crippen LogP contribution in [0, 0.1) is 11.6 Å². The molecule has 1 aliphatic rings.